The Morgan fingerprint density at radius 2 is 1.86 bits per heavy atom. The highest BCUT2D eigenvalue weighted by atomic mass is 35.5. The molecule has 1 saturated carbocycles. The molecule has 0 aromatic heterocycles. The number of hydrogen-bond donors (Lipinski definition) is 2. The van der Waals surface area contributed by atoms with E-state index in [-0.39, 0.29) is 24.8 Å². The zero-order valence-corrected chi connectivity index (χ0v) is 21.6. The van der Waals surface area contributed by atoms with Crippen LogP contribution in [0.15, 0.2) is 18.2 Å². The first-order valence-corrected chi connectivity index (χ1v) is 13.9. The lowest BCUT2D eigenvalue weighted by atomic mass is 9.65. The molecule has 2 atom stereocenters. The first-order valence-electron chi connectivity index (χ1n) is 13.6. The van der Waals surface area contributed by atoms with Gasteiger partial charge in [0.1, 0.15) is 0 Å². The smallest absolute Gasteiger partial charge is 0.328 e. The highest BCUT2D eigenvalue weighted by molar-refractivity contribution is 6.34. The fourth-order valence-electron chi connectivity index (χ4n) is 7.19. The van der Waals surface area contributed by atoms with Crippen LogP contribution in [0.3, 0.4) is 0 Å². The number of piperazine rings is 1. The molecule has 1 aromatic carbocycles. The van der Waals surface area contributed by atoms with Crippen molar-refractivity contribution in [2.75, 3.05) is 44.2 Å². The van der Waals surface area contributed by atoms with Crippen LogP contribution in [-0.4, -0.2) is 79.0 Å². The molecule has 5 aliphatic rings. The normalized spacial score (nSPS) is 28.7. The highest BCUT2D eigenvalue weighted by Crippen LogP contribution is 2.47. The summed E-state index contributed by atoms with van der Waals surface area (Å²) in [6, 6.07) is 6.09. The van der Waals surface area contributed by atoms with Crippen molar-refractivity contribution >= 4 is 35.1 Å². The van der Waals surface area contributed by atoms with Gasteiger partial charge in [-0.2, -0.15) is 0 Å². The molecule has 1 aromatic rings. The topological polar surface area (TPSA) is 85.0 Å². The molecule has 2 N–H and O–H groups in total. The van der Waals surface area contributed by atoms with E-state index < -0.39 is 6.03 Å². The van der Waals surface area contributed by atoms with Crippen molar-refractivity contribution < 1.29 is 14.4 Å². The second kappa shape index (κ2) is 9.62. The number of likely N-dealkylation sites (tertiary alicyclic amines) is 2. The van der Waals surface area contributed by atoms with Crippen molar-refractivity contribution in [3.63, 3.8) is 0 Å². The average molecular weight is 514 g/mol. The number of nitrogens with zero attached hydrogens (tertiary/aromatic N) is 3. The molecular weight excluding hydrogens is 478 g/mol. The second-order valence-corrected chi connectivity index (χ2v) is 12.0. The Kier molecular flexibility index (Phi) is 6.46. The fourth-order valence-corrected chi connectivity index (χ4v) is 7.41. The minimum absolute atomic E-state index is 0.0114. The van der Waals surface area contributed by atoms with Crippen LogP contribution in [0.5, 0.6) is 0 Å². The van der Waals surface area contributed by atoms with Gasteiger partial charge in [-0.15, -0.1) is 0 Å². The van der Waals surface area contributed by atoms with Gasteiger partial charge < -0.3 is 10.2 Å². The van der Waals surface area contributed by atoms with E-state index in [4.69, 9.17) is 11.6 Å². The molecule has 0 radical (unpaired) electrons. The van der Waals surface area contributed by atoms with Crippen molar-refractivity contribution in [3.05, 3.63) is 28.8 Å². The molecule has 2 bridgehead atoms. The van der Waals surface area contributed by atoms with Gasteiger partial charge in [-0.25, -0.2) is 4.79 Å². The summed E-state index contributed by atoms with van der Waals surface area (Å²) in [6.07, 6.45) is 8.89. The Labute approximate surface area is 217 Å². The Balaban J connectivity index is 1.04. The van der Waals surface area contributed by atoms with E-state index in [9.17, 15) is 14.4 Å². The summed E-state index contributed by atoms with van der Waals surface area (Å²) in [5, 5.41) is 6.32. The number of benzene rings is 1. The molecule has 1 aliphatic carbocycles. The summed E-state index contributed by atoms with van der Waals surface area (Å²) < 4.78 is 0. The number of hydrogen-bond acceptors (Lipinski definition) is 5. The SMILES string of the molecule is O=C1CCN(c2cc(C(=O)N3CCC4(CCC(CN5CC6CC5CN6)CC4)CC3)ccc2Cl)C(=O)N1. The van der Waals surface area contributed by atoms with E-state index in [1.807, 2.05) is 4.90 Å². The van der Waals surface area contributed by atoms with Crippen LogP contribution >= 0.6 is 11.6 Å². The minimum atomic E-state index is -0.498. The van der Waals surface area contributed by atoms with Crippen molar-refractivity contribution in [3.8, 4) is 0 Å². The van der Waals surface area contributed by atoms with Gasteiger partial charge in [0.2, 0.25) is 5.91 Å². The lowest BCUT2D eigenvalue weighted by Crippen LogP contribution is -2.49. The number of rotatable bonds is 4. The van der Waals surface area contributed by atoms with Gasteiger partial charge in [0.15, 0.2) is 0 Å². The van der Waals surface area contributed by atoms with Crippen LogP contribution in [0.1, 0.15) is 61.7 Å². The first-order chi connectivity index (χ1) is 17.4. The largest absolute Gasteiger partial charge is 0.339 e. The number of amides is 4. The van der Waals surface area contributed by atoms with Gasteiger partial charge in [0, 0.05) is 63.3 Å². The van der Waals surface area contributed by atoms with Crippen LogP contribution in [0.2, 0.25) is 5.02 Å². The average Bonchev–Trinajstić information content (AvgIpc) is 3.50. The number of piperidine rings is 1. The molecular formula is C27H36ClN5O3. The maximum Gasteiger partial charge on any atom is 0.328 e. The molecule has 4 heterocycles. The number of imide groups is 1. The molecule has 1 spiro atoms. The molecule has 5 fully saturated rings. The number of fused-ring (bicyclic) bond motifs is 2. The van der Waals surface area contributed by atoms with Crippen LogP contribution < -0.4 is 15.5 Å². The number of carbonyl (C=O) groups excluding carboxylic acids is 3. The number of nitrogens with one attached hydrogen (secondary N) is 2. The van der Waals surface area contributed by atoms with Crippen LogP contribution in [0, 0.1) is 11.3 Å². The summed E-state index contributed by atoms with van der Waals surface area (Å²) in [5.74, 6) is 0.517. The van der Waals surface area contributed by atoms with E-state index in [0.29, 0.717) is 21.7 Å². The lowest BCUT2D eigenvalue weighted by molar-refractivity contribution is -0.120. The summed E-state index contributed by atoms with van der Waals surface area (Å²) in [7, 11) is 0. The van der Waals surface area contributed by atoms with Crippen LogP contribution in [-0.2, 0) is 4.79 Å². The molecule has 194 valence electrons. The van der Waals surface area contributed by atoms with Gasteiger partial charge in [0.05, 0.1) is 10.7 Å². The number of urea groups is 1. The van der Waals surface area contributed by atoms with Crippen molar-refractivity contribution in [1.82, 2.24) is 20.4 Å². The molecule has 6 rings (SSSR count). The predicted octanol–water partition coefficient (Wildman–Crippen LogP) is 3.25. The summed E-state index contributed by atoms with van der Waals surface area (Å²) in [6.45, 7) is 5.49. The third kappa shape index (κ3) is 4.63. The Hall–Kier alpha value is -2.16. The van der Waals surface area contributed by atoms with Gasteiger partial charge >= 0.3 is 6.03 Å². The van der Waals surface area contributed by atoms with Crippen molar-refractivity contribution in [2.45, 2.75) is 63.5 Å². The quantitative estimate of drug-likeness (QED) is 0.645. The maximum absolute atomic E-state index is 13.4. The van der Waals surface area contributed by atoms with E-state index in [2.05, 4.69) is 15.5 Å². The van der Waals surface area contributed by atoms with Crippen molar-refractivity contribution in [1.29, 1.82) is 0 Å². The van der Waals surface area contributed by atoms with Crippen LogP contribution in [0.4, 0.5) is 10.5 Å². The number of carbonyl (C=O) groups is 3. The molecule has 4 saturated heterocycles. The van der Waals surface area contributed by atoms with Crippen molar-refractivity contribution in [2.24, 2.45) is 11.3 Å². The predicted molar refractivity (Wildman–Crippen MR) is 138 cm³/mol. The molecule has 4 amide bonds. The van der Waals surface area contributed by atoms with Crippen LogP contribution in [0.25, 0.3) is 0 Å². The Morgan fingerprint density at radius 3 is 2.53 bits per heavy atom. The minimum Gasteiger partial charge on any atom is -0.339 e. The molecule has 9 heteroatoms. The third-order valence-corrected chi connectivity index (χ3v) is 9.80. The molecule has 36 heavy (non-hydrogen) atoms. The summed E-state index contributed by atoms with van der Waals surface area (Å²) >= 11 is 6.36. The Morgan fingerprint density at radius 1 is 1.08 bits per heavy atom. The van der Waals surface area contributed by atoms with E-state index in [1.54, 1.807) is 18.2 Å². The lowest BCUT2D eigenvalue weighted by Gasteiger charge is -2.46. The van der Waals surface area contributed by atoms with E-state index in [0.717, 1.165) is 43.9 Å². The standard InChI is InChI=1S/C27H36ClN5O3/c28-22-2-1-19(13-23(22)33-10-5-24(34)30-26(33)36)25(35)31-11-8-27(9-12-31)6-3-18(4-7-27)16-32-17-20-14-21(32)15-29-20/h1-2,13,18,20-21,29H,3-12,14-17H2,(H,30,34,36). The van der Waals surface area contributed by atoms with E-state index in [1.165, 1.54) is 56.6 Å². The monoisotopic (exact) mass is 513 g/mol. The Bertz CT molecular complexity index is 1050. The van der Waals surface area contributed by atoms with Gasteiger partial charge in [-0.3, -0.25) is 24.7 Å². The number of anilines is 1. The fraction of sp³-hybridized carbons (Fsp3) is 0.667. The highest BCUT2D eigenvalue weighted by Gasteiger charge is 2.42. The maximum atomic E-state index is 13.4. The molecule has 8 nitrogen and oxygen atoms in total. The van der Waals surface area contributed by atoms with Gasteiger partial charge in [0.25, 0.3) is 5.91 Å². The third-order valence-electron chi connectivity index (χ3n) is 9.48. The number of halogens is 1. The van der Waals surface area contributed by atoms with Gasteiger partial charge in [-0.05, 0) is 74.5 Å². The molecule has 4 aliphatic heterocycles. The zero-order valence-electron chi connectivity index (χ0n) is 20.8. The molecule has 2 unspecified atom stereocenters. The zero-order chi connectivity index (χ0) is 24.9. The van der Waals surface area contributed by atoms with E-state index >= 15 is 0 Å². The first kappa shape index (κ1) is 24.2. The summed E-state index contributed by atoms with van der Waals surface area (Å²) in [4.78, 5) is 43.3. The van der Waals surface area contributed by atoms with Gasteiger partial charge in [-0.1, -0.05) is 11.6 Å². The second-order valence-electron chi connectivity index (χ2n) is 11.6. The summed E-state index contributed by atoms with van der Waals surface area (Å²) in [5.41, 5.74) is 1.40.